The van der Waals surface area contributed by atoms with E-state index in [0.717, 1.165) is 0 Å². The summed E-state index contributed by atoms with van der Waals surface area (Å²) in [7, 11) is 0. The van der Waals surface area contributed by atoms with E-state index in [1.165, 1.54) is 32.1 Å². The van der Waals surface area contributed by atoms with Crippen LogP contribution < -0.4 is 0 Å². The smallest absolute Gasteiger partial charge is 0.0277 e. The van der Waals surface area contributed by atoms with Gasteiger partial charge in [0.05, 0.1) is 0 Å². The molecule has 0 unspecified atom stereocenters. The van der Waals surface area contributed by atoms with Crippen LogP contribution in [0.2, 0.25) is 0 Å². The summed E-state index contributed by atoms with van der Waals surface area (Å²) in [4.78, 5) is 0. The summed E-state index contributed by atoms with van der Waals surface area (Å²) in [5.41, 5.74) is 1.83. The third-order valence-corrected chi connectivity index (χ3v) is 3.58. The molecule has 0 bridgehead atoms. The topological polar surface area (TPSA) is 0 Å². The summed E-state index contributed by atoms with van der Waals surface area (Å²) in [6.07, 6.45) is 22.3. The number of rotatable bonds is 2. The van der Waals surface area contributed by atoms with Gasteiger partial charge in [0.2, 0.25) is 0 Å². The molecule has 2 aliphatic rings. The second-order valence-electron chi connectivity index (χ2n) is 4.48. The standard InChI is InChI=1S/C15H20/c1-2-15(12-8-9-13-15)14-10-6-4-3-5-7-11-14/h4,6,8-10,12-13H,2-3,5,7,11H2,1H3/b6-4-,14-10+. The van der Waals surface area contributed by atoms with Crippen LogP contribution in [0.25, 0.3) is 0 Å². The van der Waals surface area contributed by atoms with E-state index in [9.17, 15) is 0 Å². The zero-order valence-corrected chi connectivity index (χ0v) is 9.58. The highest BCUT2D eigenvalue weighted by atomic mass is 14.3. The molecular weight excluding hydrogens is 180 g/mol. The van der Waals surface area contributed by atoms with Crippen LogP contribution in [0, 0.1) is 5.41 Å². The zero-order chi connectivity index (χ0) is 10.6. The lowest BCUT2D eigenvalue weighted by Crippen LogP contribution is -2.15. The van der Waals surface area contributed by atoms with Crippen LogP contribution in [0.1, 0.15) is 39.0 Å². The Hall–Kier alpha value is -1.04. The van der Waals surface area contributed by atoms with E-state index in [4.69, 9.17) is 0 Å². The van der Waals surface area contributed by atoms with Gasteiger partial charge in [-0.3, -0.25) is 0 Å². The SMILES string of the molecule is CCC1(/C2=C/C=C\CCCC2)C=CC=C1. The van der Waals surface area contributed by atoms with Crippen molar-refractivity contribution in [3.05, 3.63) is 48.1 Å². The van der Waals surface area contributed by atoms with Crippen molar-refractivity contribution in [1.29, 1.82) is 0 Å². The molecule has 80 valence electrons. The Labute approximate surface area is 93.1 Å². The maximum Gasteiger partial charge on any atom is 0.0277 e. The Morgan fingerprint density at radius 2 is 1.93 bits per heavy atom. The fourth-order valence-electron chi connectivity index (χ4n) is 2.52. The fourth-order valence-corrected chi connectivity index (χ4v) is 2.52. The minimum Gasteiger partial charge on any atom is -0.0845 e. The molecule has 0 aromatic carbocycles. The first-order valence-corrected chi connectivity index (χ1v) is 6.11. The van der Waals surface area contributed by atoms with Crippen LogP contribution in [0.5, 0.6) is 0 Å². The number of hydrogen-bond acceptors (Lipinski definition) is 0. The molecule has 0 fully saturated rings. The molecule has 0 radical (unpaired) electrons. The third-order valence-electron chi connectivity index (χ3n) is 3.58. The first kappa shape index (κ1) is 10.5. The minimum absolute atomic E-state index is 0.238. The summed E-state index contributed by atoms with van der Waals surface area (Å²) >= 11 is 0. The van der Waals surface area contributed by atoms with E-state index in [1.807, 2.05) is 0 Å². The maximum atomic E-state index is 2.36. The molecule has 0 spiro atoms. The Morgan fingerprint density at radius 1 is 1.13 bits per heavy atom. The minimum atomic E-state index is 0.238. The van der Waals surface area contributed by atoms with Gasteiger partial charge in [-0.15, -0.1) is 0 Å². The van der Waals surface area contributed by atoms with Crippen LogP contribution in [0.4, 0.5) is 0 Å². The average Bonchev–Trinajstić information content (AvgIpc) is 2.67. The Kier molecular flexibility index (Phi) is 3.25. The van der Waals surface area contributed by atoms with Crippen molar-refractivity contribution in [2.24, 2.45) is 5.41 Å². The summed E-state index contributed by atoms with van der Waals surface area (Å²) < 4.78 is 0. The molecule has 0 saturated carbocycles. The lowest BCUT2D eigenvalue weighted by atomic mass is 9.76. The quantitative estimate of drug-likeness (QED) is 0.612. The molecule has 0 saturated heterocycles. The average molecular weight is 200 g/mol. The van der Waals surface area contributed by atoms with Gasteiger partial charge in [-0.1, -0.05) is 55.0 Å². The monoisotopic (exact) mass is 200 g/mol. The molecule has 0 aromatic rings. The molecule has 15 heavy (non-hydrogen) atoms. The van der Waals surface area contributed by atoms with Crippen molar-refractivity contribution in [2.45, 2.75) is 39.0 Å². The highest BCUT2D eigenvalue weighted by molar-refractivity contribution is 5.38. The third kappa shape index (κ3) is 2.14. The van der Waals surface area contributed by atoms with Gasteiger partial charge in [0, 0.05) is 5.41 Å². The fraction of sp³-hybridized carbons (Fsp3) is 0.467. The lowest BCUT2D eigenvalue weighted by Gasteiger charge is -2.28. The van der Waals surface area contributed by atoms with E-state index in [1.54, 1.807) is 5.57 Å². The van der Waals surface area contributed by atoms with E-state index < -0.39 is 0 Å². The largest absolute Gasteiger partial charge is 0.0845 e. The summed E-state index contributed by atoms with van der Waals surface area (Å²) in [6.45, 7) is 2.28. The van der Waals surface area contributed by atoms with Crippen molar-refractivity contribution in [2.75, 3.05) is 0 Å². The normalized spacial score (nSPS) is 29.3. The van der Waals surface area contributed by atoms with Crippen molar-refractivity contribution in [1.82, 2.24) is 0 Å². The van der Waals surface area contributed by atoms with Gasteiger partial charge in [0.25, 0.3) is 0 Å². The van der Waals surface area contributed by atoms with Gasteiger partial charge in [-0.2, -0.15) is 0 Å². The Bertz CT molecular complexity index is 314. The predicted octanol–water partition coefficient (Wildman–Crippen LogP) is 4.57. The van der Waals surface area contributed by atoms with Crippen molar-refractivity contribution >= 4 is 0 Å². The number of allylic oxidation sites excluding steroid dienone is 8. The lowest BCUT2D eigenvalue weighted by molar-refractivity contribution is 0.531. The van der Waals surface area contributed by atoms with E-state index in [-0.39, 0.29) is 5.41 Å². The maximum absolute atomic E-state index is 2.36. The van der Waals surface area contributed by atoms with Crippen LogP contribution in [-0.4, -0.2) is 0 Å². The van der Waals surface area contributed by atoms with E-state index in [0.29, 0.717) is 0 Å². The zero-order valence-electron chi connectivity index (χ0n) is 9.58. The number of hydrogen-bond donors (Lipinski definition) is 0. The summed E-state index contributed by atoms with van der Waals surface area (Å²) in [6, 6.07) is 0. The van der Waals surface area contributed by atoms with Crippen LogP contribution >= 0.6 is 0 Å². The molecule has 0 aliphatic heterocycles. The summed E-state index contributed by atoms with van der Waals surface area (Å²) in [5.74, 6) is 0. The van der Waals surface area contributed by atoms with Gasteiger partial charge in [-0.25, -0.2) is 0 Å². The van der Waals surface area contributed by atoms with Gasteiger partial charge < -0.3 is 0 Å². The van der Waals surface area contributed by atoms with Gasteiger partial charge in [-0.05, 0) is 32.1 Å². The highest BCUT2D eigenvalue weighted by Gasteiger charge is 2.27. The van der Waals surface area contributed by atoms with Crippen molar-refractivity contribution in [3.63, 3.8) is 0 Å². The van der Waals surface area contributed by atoms with Crippen LogP contribution in [0.3, 0.4) is 0 Å². The molecule has 0 N–H and O–H groups in total. The van der Waals surface area contributed by atoms with Crippen molar-refractivity contribution in [3.8, 4) is 0 Å². The first-order chi connectivity index (χ1) is 7.37. The first-order valence-electron chi connectivity index (χ1n) is 6.11. The molecule has 0 nitrogen and oxygen atoms in total. The molecule has 2 rings (SSSR count). The molecule has 0 heterocycles. The second-order valence-corrected chi connectivity index (χ2v) is 4.48. The molecule has 0 heteroatoms. The summed E-state index contributed by atoms with van der Waals surface area (Å²) in [5, 5.41) is 0. The van der Waals surface area contributed by atoms with Crippen molar-refractivity contribution < 1.29 is 0 Å². The molecule has 2 aliphatic carbocycles. The molecular formula is C15H20. The van der Waals surface area contributed by atoms with Crippen LogP contribution in [0.15, 0.2) is 48.1 Å². The van der Waals surface area contributed by atoms with Gasteiger partial charge >= 0.3 is 0 Å². The molecule has 0 aromatic heterocycles. The second kappa shape index (κ2) is 4.65. The Morgan fingerprint density at radius 3 is 2.67 bits per heavy atom. The van der Waals surface area contributed by atoms with Gasteiger partial charge in [0.1, 0.15) is 0 Å². The predicted molar refractivity (Wildman–Crippen MR) is 66.7 cm³/mol. The van der Waals surface area contributed by atoms with E-state index >= 15 is 0 Å². The van der Waals surface area contributed by atoms with Crippen LogP contribution in [-0.2, 0) is 0 Å². The molecule has 0 atom stereocenters. The molecule has 0 amide bonds. The Balaban J connectivity index is 2.26. The van der Waals surface area contributed by atoms with E-state index in [2.05, 4.69) is 49.5 Å². The highest BCUT2D eigenvalue weighted by Crippen LogP contribution is 2.40. The van der Waals surface area contributed by atoms with Gasteiger partial charge in [0.15, 0.2) is 0 Å².